The van der Waals surface area contributed by atoms with Crippen LogP contribution in [0.1, 0.15) is 41.3 Å². The third kappa shape index (κ3) is 8.59. The molecule has 3 aromatic rings. The molecule has 0 aromatic heterocycles. The molecule has 3 aromatic carbocycles. The first-order valence-electron chi connectivity index (χ1n) is 11.5. The number of aliphatic carboxylic acids is 1. The number of rotatable bonds is 12. The van der Waals surface area contributed by atoms with Crippen LogP contribution in [-0.4, -0.2) is 34.0 Å². The van der Waals surface area contributed by atoms with Crippen LogP contribution in [0.25, 0.3) is 11.1 Å². The Morgan fingerprint density at radius 1 is 0.865 bits per heavy atom. The van der Waals surface area contributed by atoms with Crippen LogP contribution < -0.4 is 10.2 Å². The highest BCUT2D eigenvalue weighted by molar-refractivity contribution is 5.89. The monoisotopic (exact) mass is 505 g/mol. The van der Waals surface area contributed by atoms with Crippen LogP contribution >= 0.6 is 0 Å². The summed E-state index contributed by atoms with van der Waals surface area (Å²) in [5, 5.41) is 18.9. The minimum Gasteiger partial charge on any atom is -0.481 e. The van der Waals surface area contributed by atoms with Crippen LogP contribution in [0.5, 0.6) is 5.75 Å². The summed E-state index contributed by atoms with van der Waals surface area (Å²) < 4.78 is 4.95. The smallest absolute Gasteiger partial charge is 0.335 e. The molecule has 9 nitrogen and oxygen atoms in total. The van der Waals surface area contributed by atoms with Gasteiger partial charge in [-0.1, -0.05) is 48.5 Å². The van der Waals surface area contributed by atoms with Gasteiger partial charge >= 0.3 is 17.9 Å². The van der Waals surface area contributed by atoms with Gasteiger partial charge in [0.1, 0.15) is 5.75 Å². The first-order chi connectivity index (χ1) is 17.7. The molecular formula is C28H27NO8. The van der Waals surface area contributed by atoms with Gasteiger partial charge in [-0.3, -0.25) is 19.2 Å². The van der Waals surface area contributed by atoms with Crippen LogP contribution in [0.15, 0.2) is 72.8 Å². The van der Waals surface area contributed by atoms with Crippen molar-refractivity contribution in [3.8, 4) is 16.9 Å². The normalized spacial score (nSPS) is 11.4. The van der Waals surface area contributed by atoms with Gasteiger partial charge in [0.2, 0.25) is 5.91 Å². The molecule has 9 heteroatoms. The van der Waals surface area contributed by atoms with Gasteiger partial charge in [-0.2, -0.15) is 0 Å². The van der Waals surface area contributed by atoms with E-state index in [0.717, 1.165) is 16.7 Å². The van der Waals surface area contributed by atoms with E-state index in [1.54, 1.807) is 54.6 Å². The predicted molar refractivity (Wildman–Crippen MR) is 134 cm³/mol. The number of carbonyl (C=O) groups is 4. The van der Waals surface area contributed by atoms with Gasteiger partial charge in [-0.05, 0) is 59.4 Å². The molecule has 0 spiro atoms. The van der Waals surface area contributed by atoms with Crippen molar-refractivity contribution in [3.05, 3.63) is 89.5 Å². The quantitative estimate of drug-likeness (QED) is 0.189. The number of hydrogen-bond acceptors (Lipinski definition) is 6. The lowest BCUT2D eigenvalue weighted by Gasteiger charge is -2.14. The van der Waals surface area contributed by atoms with E-state index in [2.05, 4.69) is 5.48 Å². The minimum absolute atomic E-state index is 0.0390. The maximum atomic E-state index is 12.2. The molecule has 192 valence electrons. The summed E-state index contributed by atoms with van der Waals surface area (Å²) in [6, 6.07) is 20.4. The Kier molecular flexibility index (Phi) is 9.51. The van der Waals surface area contributed by atoms with E-state index in [9.17, 15) is 29.4 Å². The lowest BCUT2D eigenvalue weighted by Crippen LogP contribution is -2.25. The fraction of sp³-hybridized carbons (Fsp3) is 0.214. The molecule has 1 atom stereocenters. The zero-order valence-electron chi connectivity index (χ0n) is 20.2. The Hall–Kier alpha value is -4.50. The third-order valence-corrected chi connectivity index (χ3v) is 5.53. The Labute approximate surface area is 213 Å². The number of hydrogen-bond donors (Lipinski definition) is 3. The highest BCUT2D eigenvalue weighted by Gasteiger charge is 2.20. The molecule has 3 rings (SSSR count). The molecule has 0 fully saturated rings. The van der Waals surface area contributed by atoms with E-state index in [1.807, 2.05) is 12.1 Å². The number of benzene rings is 3. The van der Waals surface area contributed by atoms with Crippen molar-refractivity contribution in [2.24, 2.45) is 5.92 Å². The highest BCUT2D eigenvalue weighted by atomic mass is 16.6. The Balaban J connectivity index is 1.51. The van der Waals surface area contributed by atoms with Crippen molar-refractivity contribution in [2.45, 2.75) is 32.8 Å². The minimum atomic E-state index is -1.02. The standard InChI is InChI=1S/C28H27NO8/c1-18(30)37-25-11-8-19(9-12-25)17-36-29-26(31)13-10-24(28(34)35)15-20-4-2-5-21(14-20)22-6-3-7-23(16-22)27(32)33/h2-9,11-12,14,16,24H,10,13,15,17H2,1H3,(H,29,31)(H,32,33)(H,34,35)/t24-/m1/s1. The number of aromatic carboxylic acids is 1. The molecule has 0 heterocycles. The summed E-state index contributed by atoms with van der Waals surface area (Å²) in [4.78, 5) is 51.4. The van der Waals surface area contributed by atoms with Crippen molar-refractivity contribution in [2.75, 3.05) is 0 Å². The number of hydroxylamine groups is 1. The van der Waals surface area contributed by atoms with Crippen LogP contribution in [0.2, 0.25) is 0 Å². The second-order valence-electron chi connectivity index (χ2n) is 8.42. The molecule has 0 radical (unpaired) electrons. The number of ether oxygens (including phenoxy) is 1. The Bertz CT molecular complexity index is 1270. The van der Waals surface area contributed by atoms with Gasteiger partial charge in [0.15, 0.2) is 0 Å². The second-order valence-corrected chi connectivity index (χ2v) is 8.42. The van der Waals surface area contributed by atoms with Gasteiger partial charge in [0.25, 0.3) is 0 Å². The summed E-state index contributed by atoms with van der Waals surface area (Å²) >= 11 is 0. The fourth-order valence-electron chi connectivity index (χ4n) is 3.68. The topological polar surface area (TPSA) is 139 Å². The van der Waals surface area contributed by atoms with Crippen molar-refractivity contribution in [1.29, 1.82) is 0 Å². The van der Waals surface area contributed by atoms with Crippen molar-refractivity contribution < 1.29 is 39.0 Å². The molecule has 1 amide bonds. The molecule has 37 heavy (non-hydrogen) atoms. The van der Waals surface area contributed by atoms with Crippen LogP contribution in [-0.2, 0) is 32.2 Å². The zero-order chi connectivity index (χ0) is 26.8. The first kappa shape index (κ1) is 27.1. The molecular weight excluding hydrogens is 478 g/mol. The van der Waals surface area contributed by atoms with Crippen molar-refractivity contribution in [3.63, 3.8) is 0 Å². The van der Waals surface area contributed by atoms with Gasteiger partial charge in [0, 0.05) is 13.3 Å². The summed E-state index contributed by atoms with van der Waals surface area (Å²) in [6.07, 6.45) is 0.285. The van der Waals surface area contributed by atoms with Gasteiger partial charge < -0.3 is 14.9 Å². The molecule has 0 aliphatic carbocycles. The average molecular weight is 506 g/mol. The van der Waals surface area contributed by atoms with Gasteiger partial charge in [0.05, 0.1) is 18.1 Å². The highest BCUT2D eigenvalue weighted by Crippen LogP contribution is 2.24. The molecule has 0 saturated heterocycles. The maximum Gasteiger partial charge on any atom is 0.335 e. The maximum absolute atomic E-state index is 12.2. The SMILES string of the molecule is CC(=O)Oc1ccc(CONC(=O)CC[C@H](Cc2cccc(-c3cccc(C(=O)O)c3)c2)C(=O)O)cc1. The Morgan fingerprint density at radius 2 is 1.54 bits per heavy atom. The largest absolute Gasteiger partial charge is 0.481 e. The van der Waals surface area contributed by atoms with Gasteiger partial charge in [-0.25, -0.2) is 10.3 Å². The van der Waals surface area contributed by atoms with Gasteiger partial charge in [-0.15, -0.1) is 0 Å². The van der Waals surface area contributed by atoms with E-state index in [-0.39, 0.29) is 31.4 Å². The summed E-state index contributed by atoms with van der Waals surface area (Å²) in [6.45, 7) is 1.39. The molecule has 0 bridgehead atoms. The predicted octanol–water partition coefficient (Wildman–Crippen LogP) is 4.25. The number of amides is 1. The van der Waals surface area contributed by atoms with Crippen LogP contribution in [0, 0.1) is 5.92 Å². The lowest BCUT2D eigenvalue weighted by atomic mass is 9.92. The zero-order valence-corrected chi connectivity index (χ0v) is 20.2. The number of carboxylic acid groups (broad SMARTS) is 2. The first-order valence-corrected chi connectivity index (χ1v) is 11.5. The fourth-order valence-corrected chi connectivity index (χ4v) is 3.68. The molecule has 3 N–H and O–H groups in total. The average Bonchev–Trinajstić information content (AvgIpc) is 2.87. The summed E-state index contributed by atoms with van der Waals surface area (Å²) in [5.74, 6) is -3.29. The summed E-state index contributed by atoms with van der Waals surface area (Å²) in [5.41, 5.74) is 5.48. The van der Waals surface area contributed by atoms with Crippen LogP contribution in [0.4, 0.5) is 0 Å². The summed E-state index contributed by atoms with van der Waals surface area (Å²) in [7, 11) is 0. The van der Waals surface area contributed by atoms with Crippen molar-refractivity contribution >= 4 is 23.8 Å². The number of carbonyl (C=O) groups excluding carboxylic acids is 2. The van der Waals surface area contributed by atoms with E-state index >= 15 is 0 Å². The molecule has 0 saturated carbocycles. The molecule has 0 unspecified atom stereocenters. The molecule has 0 aliphatic rings. The van der Waals surface area contributed by atoms with E-state index in [0.29, 0.717) is 11.3 Å². The third-order valence-electron chi connectivity index (χ3n) is 5.53. The van der Waals surface area contributed by atoms with Crippen molar-refractivity contribution in [1.82, 2.24) is 5.48 Å². The van der Waals surface area contributed by atoms with Crippen LogP contribution in [0.3, 0.4) is 0 Å². The second kappa shape index (κ2) is 13.0. The number of esters is 1. The Morgan fingerprint density at radius 3 is 2.19 bits per heavy atom. The number of carboxylic acids is 2. The lowest BCUT2D eigenvalue weighted by molar-refractivity contribution is -0.142. The molecule has 0 aliphatic heterocycles. The number of nitrogens with one attached hydrogen (secondary N) is 1. The van der Waals surface area contributed by atoms with E-state index in [1.165, 1.54) is 13.0 Å². The van der Waals surface area contributed by atoms with E-state index in [4.69, 9.17) is 9.57 Å². The van der Waals surface area contributed by atoms with E-state index < -0.39 is 29.7 Å².